The molecule has 0 fully saturated rings. The summed E-state index contributed by atoms with van der Waals surface area (Å²) in [7, 11) is 0. The van der Waals surface area contributed by atoms with Gasteiger partial charge in [0.05, 0.1) is 18.3 Å². The zero-order valence-corrected chi connectivity index (χ0v) is 10.1. The van der Waals surface area contributed by atoms with E-state index in [-0.39, 0.29) is 5.56 Å². The molecule has 0 saturated carbocycles. The Kier molecular flexibility index (Phi) is 3.88. The second-order valence-electron chi connectivity index (χ2n) is 3.55. The Balaban J connectivity index is 1.93. The lowest BCUT2D eigenvalue weighted by molar-refractivity contribution is 0.0948. The van der Waals surface area contributed by atoms with E-state index in [1.807, 2.05) is 0 Å². The van der Waals surface area contributed by atoms with Crippen LogP contribution in [0.4, 0.5) is 4.39 Å². The summed E-state index contributed by atoms with van der Waals surface area (Å²) < 4.78 is 14.9. The van der Waals surface area contributed by atoms with E-state index in [0.29, 0.717) is 18.1 Å². The van der Waals surface area contributed by atoms with Gasteiger partial charge in [0.1, 0.15) is 5.82 Å². The average Bonchev–Trinajstić information content (AvgIpc) is 2.85. The minimum atomic E-state index is -0.599. The SMILES string of the molecule is O=C(NCCn1ccnn1)c1cc(Cl)ccc1F. The number of aromatic nitrogens is 3. The number of hydrogen-bond acceptors (Lipinski definition) is 3. The molecule has 0 radical (unpaired) electrons. The van der Waals surface area contributed by atoms with Gasteiger partial charge in [0.15, 0.2) is 0 Å². The first kappa shape index (κ1) is 12.5. The summed E-state index contributed by atoms with van der Waals surface area (Å²) in [5.41, 5.74) is -0.0684. The lowest BCUT2D eigenvalue weighted by atomic mass is 10.2. The van der Waals surface area contributed by atoms with Crippen LogP contribution in [0.15, 0.2) is 30.6 Å². The molecule has 1 amide bonds. The molecule has 1 N–H and O–H groups in total. The van der Waals surface area contributed by atoms with Crippen molar-refractivity contribution in [2.45, 2.75) is 6.54 Å². The summed E-state index contributed by atoms with van der Waals surface area (Å²) in [6.07, 6.45) is 3.21. The summed E-state index contributed by atoms with van der Waals surface area (Å²) in [6, 6.07) is 3.85. The number of rotatable bonds is 4. The lowest BCUT2D eigenvalue weighted by Crippen LogP contribution is -2.28. The van der Waals surface area contributed by atoms with Crippen LogP contribution in [0, 0.1) is 5.82 Å². The number of benzene rings is 1. The van der Waals surface area contributed by atoms with Gasteiger partial charge in [-0.25, -0.2) is 4.39 Å². The molecule has 2 aromatic rings. The molecule has 0 spiro atoms. The van der Waals surface area contributed by atoms with Gasteiger partial charge in [-0.1, -0.05) is 16.8 Å². The smallest absolute Gasteiger partial charge is 0.254 e. The second-order valence-corrected chi connectivity index (χ2v) is 3.98. The van der Waals surface area contributed by atoms with Crippen molar-refractivity contribution in [3.63, 3.8) is 0 Å². The van der Waals surface area contributed by atoms with E-state index in [4.69, 9.17) is 11.6 Å². The number of hydrogen-bond donors (Lipinski definition) is 1. The molecule has 0 unspecified atom stereocenters. The molecule has 1 aromatic carbocycles. The largest absolute Gasteiger partial charge is 0.350 e. The monoisotopic (exact) mass is 268 g/mol. The molecule has 2 rings (SSSR count). The highest BCUT2D eigenvalue weighted by Gasteiger charge is 2.11. The van der Waals surface area contributed by atoms with E-state index in [9.17, 15) is 9.18 Å². The van der Waals surface area contributed by atoms with Gasteiger partial charge in [-0.2, -0.15) is 0 Å². The predicted molar refractivity (Wildman–Crippen MR) is 63.8 cm³/mol. The van der Waals surface area contributed by atoms with Crippen molar-refractivity contribution < 1.29 is 9.18 Å². The van der Waals surface area contributed by atoms with Gasteiger partial charge in [-0.15, -0.1) is 5.10 Å². The Hall–Kier alpha value is -1.95. The van der Waals surface area contributed by atoms with Crippen molar-refractivity contribution in [3.05, 3.63) is 47.0 Å². The van der Waals surface area contributed by atoms with Crippen molar-refractivity contribution >= 4 is 17.5 Å². The Morgan fingerprint density at radius 1 is 1.50 bits per heavy atom. The highest BCUT2D eigenvalue weighted by molar-refractivity contribution is 6.30. The van der Waals surface area contributed by atoms with Crippen molar-refractivity contribution in [2.75, 3.05) is 6.54 Å². The zero-order chi connectivity index (χ0) is 13.0. The fourth-order valence-corrected chi connectivity index (χ4v) is 1.57. The third-order valence-corrected chi connectivity index (χ3v) is 2.51. The Morgan fingerprint density at radius 2 is 2.33 bits per heavy atom. The summed E-state index contributed by atoms with van der Waals surface area (Å²) in [4.78, 5) is 11.7. The summed E-state index contributed by atoms with van der Waals surface area (Å²) in [5.74, 6) is -1.10. The van der Waals surface area contributed by atoms with E-state index >= 15 is 0 Å². The van der Waals surface area contributed by atoms with Crippen LogP contribution in [-0.4, -0.2) is 27.4 Å². The van der Waals surface area contributed by atoms with Gasteiger partial charge in [0, 0.05) is 17.8 Å². The van der Waals surface area contributed by atoms with E-state index in [1.54, 1.807) is 17.1 Å². The van der Waals surface area contributed by atoms with Crippen LogP contribution in [0.1, 0.15) is 10.4 Å². The molecular formula is C11H10ClFN4O. The summed E-state index contributed by atoms with van der Waals surface area (Å²) >= 11 is 5.71. The van der Waals surface area contributed by atoms with Crippen LogP contribution in [-0.2, 0) is 6.54 Å². The third-order valence-electron chi connectivity index (χ3n) is 2.27. The fraction of sp³-hybridized carbons (Fsp3) is 0.182. The number of nitrogens with one attached hydrogen (secondary N) is 1. The average molecular weight is 269 g/mol. The van der Waals surface area contributed by atoms with Crippen molar-refractivity contribution in [2.24, 2.45) is 0 Å². The first-order valence-electron chi connectivity index (χ1n) is 5.24. The summed E-state index contributed by atoms with van der Waals surface area (Å²) in [6.45, 7) is 0.794. The molecule has 0 aliphatic carbocycles. The minimum absolute atomic E-state index is 0.0684. The first-order valence-corrected chi connectivity index (χ1v) is 5.62. The maximum Gasteiger partial charge on any atom is 0.254 e. The standard InChI is InChI=1S/C11H10ClFN4O/c12-8-1-2-10(13)9(7-8)11(18)14-3-5-17-6-4-15-16-17/h1-2,4,6-7H,3,5H2,(H,14,18). The van der Waals surface area contributed by atoms with E-state index in [1.165, 1.54) is 12.1 Å². The molecule has 1 heterocycles. The molecule has 1 aromatic heterocycles. The fourth-order valence-electron chi connectivity index (χ4n) is 1.40. The van der Waals surface area contributed by atoms with E-state index in [2.05, 4.69) is 15.6 Å². The molecule has 5 nitrogen and oxygen atoms in total. The summed E-state index contributed by atoms with van der Waals surface area (Å²) in [5, 5.41) is 10.3. The van der Waals surface area contributed by atoms with Crippen molar-refractivity contribution in [3.8, 4) is 0 Å². The zero-order valence-electron chi connectivity index (χ0n) is 9.31. The maximum absolute atomic E-state index is 13.4. The number of amides is 1. The third kappa shape index (κ3) is 3.04. The molecule has 0 aliphatic rings. The number of carbonyl (C=O) groups excluding carboxylic acids is 1. The molecule has 0 aliphatic heterocycles. The van der Waals surface area contributed by atoms with Crippen molar-refractivity contribution in [1.29, 1.82) is 0 Å². The van der Waals surface area contributed by atoms with Crippen LogP contribution in [0.5, 0.6) is 0 Å². The van der Waals surface area contributed by atoms with Gasteiger partial charge in [-0.05, 0) is 18.2 Å². The minimum Gasteiger partial charge on any atom is -0.350 e. The van der Waals surface area contributed by atoms with E-state index < -0.39 is 11.7 Å². The normalized spacial score (nSPS) is 10.3. The number of nitrogens with zero attached hydrogens (tertiary/aromatic N) is 3. The molecule has 0 saturated heterocycles. The second kappa shape index (κ2) is 5.59. The van der Waals surface area contributed by atoms with Crippen LogP contribution in [0.2, 0.25) is 5.02 Å². The van der Waals surface area contributed by atoms with Crippen molar-refractivity contribution in [1.82, 2.24) is 20.3 Å². The highest BCUT2D eigenvalue weighted by atomic mass is 35.5. The Morgan fingerprint density at radius 3 is 3.06 bits per heavy atom. The number of carbonyl (C=O) groups is 1. The number of halogens is 2. The van der Waals surface area contributed by atoms with Crippen LogP contribution in [0.3, 0.4) is 0 Å². The van der Waals surface area contributed by atoms with Crippen LogP contribution < -0.4 is 5.32 Å². The molecule has 0 atom stereocenters. The first-order chi connectivity index (χ1) is 8.66. The van der Waals surface area contributed by atoms with E-state index in [0.717, 1.165) is 6.07 Å². The Bertz CT molecular complexity index is 544. The molecule has 7 heteroatoms. The van der Waals surface area contributed by atoms with Crippen LogP contribution in [0.25, 0.3) is 0 Å². The molecule has 94 valence electrons. The predicted octanol–water partition coefficient (Wildman–Crippen LogP) is 1.50. The van der Waals surface area contributed by atoms with Gasteiger partial charge in [0.25, 0.3) is 5.91 Å². The van der Waals surface area contributed by atoms with Gasteiger partial charge in [-0.3, -0.25) is 9.48 Å². The quantitative estimate of drug-likeness (QED) is 0.914. The maximum atomic E-state index is 13.4. The molecule has 0 bridgehead atoms. The van der Waals surface area contributed by atoms with Crippen LogP contribution >= 0.6 is 11.6 Å². The highest BCUT2D eigenvalue weighted by Crippen LogP contribution is 2.14. The van der Waals surface area contributed by atoms with Gasteiger partial charge >= 0.3 is 0 Å². The molecule has 18 heavy (non-hydrogen) atoms. The van der Waals surface area contributed by atoms with Gasteiger partial charge in [0.2, 0.25) is 0 Å². The lowest BCUT2D eigenvalue weighted by Gasteiger charge is -2.06. The van der Waals surface area contributed by atoms with Gasteiger partial charge < -0.3 is 5.32 Å². The molecular weight excluding hydrogens is 259 g/mol. The Labute approximate surface area is 108 Å². The topological polar surface area (TPSA) is 59.8 Å².